The fraction of sp³-hybridized carbons (Fsp3) is 0.318. The number of hydrogen-bond acceptors (Lipinski definition) is 6. The monoisotopic (exact) mass is 460 g/mol. The van der Waals surface area contributed by atoms with Crippen LogP contribution in [0.4, 0.5) is 13.9 Å². The Hall–Kier alpha value is -3.11. The van der Waals surface area contributed by atoms with Gasteiger partial charge in [-0.2, -0.15) is 0 Å². The number of carbonyl (C=O) groups is 2. The highest BCUT2D eigenvalue weighted by Gasteiger charge is 2.24. The van der Waals surface area contributed by atoms with Gasteiger partial charge in [-0.1, -0.05) is 11.3 Å². The molecule has 1 saturated heterocycles. The number of halogens is 2. The lowest BCUT2D eigenvalue weighted by molar-refractivity contribution is -0.117. The maximum Gasteiger partial charge on any atom is 0.254 e. The molecule has 0 unspecified atom stereocenters. The molecule has 0 bridgehead atoms. The molecule has 32 heavy (non-hydrogen) atoms. The van der Waals surface area contributed by atoms with Crippen LogP contribution in [0.25, 0.3) is 10.2 Å². The van der Waals surface area contributed by atoms with E-state index in [-0.39, 0.29) is 23.9 Å². The predicted octanol–water partition coefficient (Wildman–Crippen LogP) is 3.37. The van der Waals surface area contributed by atoms with E-state index in [2.05, 4.69) is 10.3 Å². The van der Waals surface area contributed by atoms with Crippen LogP contribution >= 0.6 is 11.3 Å². The zero-order chi connectivity index (χ0) is 22.7. The average Bonchev–Trinajstić information content (AvgIpc) is 3.17. The van der Waals surface area contributed by atoms with E-state index in [1.54, 1.807) is 4.90 Å². The molecule has 1 aliphatic heterocycles. The molecule has 7 nitrogen and oxygen atoms in total. The maximum atomic E-state index is 13.4. The summed E-state index contributed by atoms with van der Waals surface area (Å²) in [7, 11) is 0. The Morgan fingerprint density at radius 1 is 1.09 bits per heavy atom. The number of thiazole rings is 1. The number of carbonyl (C=O) groups excluding carboxylic acids is 2. The fourth-order valence-electron chi connectivity index (χ4n) is 3.50. The number of amides is 2. The van der Waals surface area contributed by atoms with Gasteiger partial charge in [-0.3, -0.25) is 14.5 Å². The van der Waals surface area contributed by atoms with Crippen LogP contribution in [0, 0.1) is 11.6 Å². The maximum absolute atomic E-state index is 13.4. The third-order valence-electron chi connectivity index (χ3n) is 5.11. The summed E-state index contributed by atoms with van der Waals surface area (Å²) in [6.45, 7) is 4.46. The zero-order valence-corrected chi connectivity index (χ0v) is 18.3. The third kappa shape index (κ3) is 5.03. The molecule has 0 saturated carbocycles. The number of nitrogens with zero attached hydrogens (tertiary/aromatic N) is 3. The molecule has 168 valence electrons. The lowest BCUT2D eigenvalue weighted by Crippen LogP contribution is -2.50. The largest absolute Gasteiger partial charge is 0.494 e. The van der Waals surface area contributed by atoms with Crippen LogP contribution in [0.3, 0.4) is 0 Å². The third-order valence-corrected chi connectivity index (χ3v) is 6.04. The molecule has 0 radical (unpaired) electrons. The minimum Gasteiger partial charge on any atom is -0.494 e. The van der Waals surface area contributed by atoms with Crippen molar-refractivity contribution in [3.05, 3.63) is 53.6 Å². The van der Waals surface area contributed by atoms with Crippen LogP contribution < -0.4 is 10.1 Å². The Bertz CT molecular complexity index is 1150. The van der Waals surface area contributed by atoms with Gasteiger partial charge in [0.25, 0.3) is 5.91 Å². The Kier molecular flexibility index (Phi) is 6.61. The standard InChI is InChI=1S/C22H22F2N4O3S/c1-2-31-15-4-6-18-19(12-15)32-22(25-18)26-20(29)13-27-7-9-28(10-8-27)21(30)14-3-5-16(23)17(24)11-14/h3-6,11-12H,2,7-10,13H2,1H3,(H,25,26,29). The summed E-state index contributed by atoms with van der Waals surface area (Å²) < 4.78 is 32.9. The number of anilines is 1. The molecule has 10 heteroatoms. The van der Waals surface area contributed by atoms with Gasteiger partial charge >= 0.3 is 0 Å². The Labute approximate surface area is 187 Å². The van der Waals surface area contributed by atoms with E-state index in [4.69, 9.17) is 4.74 Å². The number of rotatable bonds is 6. The second-order valence-corrected chi connectivity index (χ2v) is 8.36. The number of piperazine rings is 1. The number of fused-ring (bicyclic) bond motifs is 1. The first-order chi connectivity index (χ1) is 15.4. The second kappa shape index (κ2) is 9.58. The molecule has 0 spiro atoms. The topological polar surface area (TPSA) is 74.8 Å². The lowest BCUT2D eigenvalue weighted by atomic mass is 10.1. The van der Waals surface area contributed by atoms with Crippen LogP contribution in [0.1, 0.15) is 17.3 Å². The SMILES string of the molecule is CCOc1ccc2nc(NC(=O)CN3CCN(C(=O)c4ccc(F)c(F)c4)CC3)sc2c1. The van der Waals surface area contributed by atoms with Gasteiger partial charge in [-0.15, -0.1) is 0 Å². The summed E-state index contributed by atoms with van der Waals surface area (Å²) in [6.07, 6.45) is 0. The molecule has 1 aliphatic rings. The van der Waals surface area contributed by atoms with Gasteiger partial charge in [0.05, 0.1) is 23.4 Å². The molecule has 3 aromatic rings. The number of benzene rings is 2. The number of nitrogens with one attached hydrogen (secondary N) is 1. The normalized spacial score (nSPS) is 14.5. The average molecular weight is 461 g/mol. The summed E-state index contributed by atoms with van der Waals surface area (Å²) in [6, 6.07) is 8.73. The van der Waals surface area contributed by atoms with Gasteiger partial charge in [-0.05, 0) is 43.3 Å². The van der Waals surface area contributed by atoms with Crippen molar-refractivity contribution in [2.24, 2.45) is 0 Å². The fourth-order valence-corrected chi connectivity index (χ4v) is 4.41. The van der Waals surface area contributed by atoms with Gasteiger partial charge < -0.3 is 15.0 Å². The Balaban J connectivity index is 1.29. The van der Waals surface area contributed by atoms with Crippen molar-refractivity contribution >= 4 is 38.5 Å². The second-order valence-electron chi connectivity index (χ2n) is 7.33. The highest BCUT2D eigenvalue weighted by Crippen LogP contribution is 2.29. The Morgan fingerprint density at radius 3 is 2.59 bits per heavy atom. The van der Waals surface area contributed by atoms with Crippen molar-refractivity contribution in [2.75, 3.05) is 44.6 Å². The highest BCUT2D eigenvalue weighted by atomic mass is 32.1. The van der Waals surface area contributed by atoms with Crippen LogP contribution in [-0.4, -0.2) is 65.9 Å². The molecule has 1 N–H and O–H groups in total. The molecule has 0 aliphatic carbocycles. The van der Waals surface area contributed by atoms with E-state index in [1.165, 1.54) is 17.4 Å². The van der Waals surface area contributed by atoms with Crippen molar-refractivity contribution < 1.29 is 23.1 Å². The minimum atomic E-state index is -1.05. The summed E-state index contributed by atoms with van der Waals surface area (Å²) in [5.41, 5.74) is 0.900. The van der Waals surface area contributed by atoms with Gasteiger partial charge in [0.1, 0.15) is 5.75 Å². The van der Waals surface area contributed by atoms with Crippen molar-refractivity contribution in [3.8, 4) is 5.75 Å². The summed E-state index contributed by atoms with van der Waals surface area (Å²) in [5.74, 6) is -1.81. The zero-order valence-electron chi connectivity index (χ0n) is 17.4. The molecule has 2 heterocycles. The summed E-state index contributed by atoms with van der Waals surface area (Å²) in [4.78, 5) is 32.9. The van der Waals surface area contributed by atoms with E-state index in [0.29, 0.717) is 37.9 Å². The lowest BCUT2D eigenvalue weighted by Gasteiger charge is -2.34. The first-order valence-electron chi connectivity index (χ1n) is 10.2. The molecule has 2 aromatic carbocycles. The van der Waals surface area contributed by atoms with E-state index >= 15 is 0 Å². The van der Waals surface area contributed by atoms with E-state index in [0.717, 1.165) is 28.1 Å². The first kappa shape index (κ1) is 22.1. The molecular weight excluding hydrogens is 438 g/mol. The summed E-state index contributed by atoms with van der Waals surface area (Å²) in [5, 5.41) is 3.35. The molecule has 1 aromatic heterocycles. The van der Waals surface area contributed by atoms with Crippen molar-refractivity contribution in [1.29, 1.82) is 0 Å². The number of hydrogen-bond donors (Lipinski definition) is 1. The van der Waals surface area contributed by atoms with Crippen molar-refractivity contribution in [1.82, 2.24) is 14.8 Å². The number of aromatic nitrogens is 1. The van der Waals surface area contributed by atoms with Crippen molar-refractivity contribution in [2.45, 2.75) is 6.92 Å². The smallest absolute Gasteiger partial charge is 0.254 e. The number of ether oxygens (including phenoxy) is 1. The molecular formula is C22H22F2N4O3S. The van der Waals surface area contributed by atoms with E-state index < -0.39 is 11.6 Å². The van der Waals surface area contributed by atoms with Gasteiger partial charge in [-0.25, -0.2) is 13.8 Å². The van der Waals surface area contributed by atoms with Gasteiger partial charge in [0.2, 0.25) is 5.91 Å². The minimum absolute atomic E-state index is 0.110. The van der Waals surface area contributed by atoms with Crippen LogP contribution in [0.2, 0.25) is 0 Å². The first-order valence-corrected chi connectivity index (χ1v) is 11.0. The van der Waals surface area contributed by atoms with Gasteiger partial charge in [0, 0.05) is 31.7 Å². The molecule has 0 atom stereocenters. The van der Waals surface area contributed by atoms with E-state index in [9.17, 15) is 18.4 Å². The summed E-state index contributed by atoms with van der Waals surface area (Å²) >= 11 is 1.38. The predicted molar refractivity (Wildman–Crippen MR) is 118 cm³/mol. The molecule has 1 fully saturated rings. The van der Waals surface area contributed by atoms with E-state index in [1.807, 2.05) is 30.0 Å². The quantitative estimate of drug-likeness (QED) is 0.611. The van der Waals surface area contributed by atoms with Gasteiger partial charge in [0.15, 0.2) is 16.8 Å². The highest BCUT2D eigenvalue weighted by molar-refractivity contribution is 7.22. The van der Waals surface area contributed by atoms with Crippen LogP contribution in [0.15, 0.2) is 36.4 Å². The van der Waals surface area contributed by atoms with Crippen LogP contribution in [-0.2, 0) is 4.79 Å². The molecule has 2 amide bonds. The molecule has 4 rings (SSSR count). The van der Waals surface area contributed by atoms with Crippen molar-refractivity contribution in [3.63, 3.8) is 0 Å². The van der Waals surface area contributed by atoms with Crippen LogP contribution in [0.5, 0.6) is 5.75 Å². The Morgan fingerprint density at radius 2 is 1.88 bits per heavy atom.